The maximum absolute atomic E-state index is 13.3. The lowest BCUT2D eigenvalue weighted by molar-refractivity contribution is 0.409. The molecule has 3 heteroatoms. The van der Waals surface area contributed by atoms with Crippen LogP contribution in [0.2, 0.25) is 0 Å². The first-order chi connectivity index (χ1) is 8.61. The Bertz CT molecular complexity index is 554. The first kappa shape index (κ1) is 12.9. The van der Waals surface area contributed by atoms with Gasteiger partial charge in [0, 0.05) is 5.56 Å². The summed E-state index contributed by atoms with van der Waals surface area (Å²) >= 11 is 6.41. The largest absolute Gasteiger partial charge is 0.496 e. The van der Waals surface area contributed by atoms with E-state index in [2.05, 4.69) is 0 Å². The summed E-state index contributed by atoms with van der Waals surface area (Å²) in [5.41, 5.74) is 2.69. The number of methoxy groups -OCH3 is 1. The van der Waals surface area contributed by atoms with Crippen LogP contribution < -0.4 is 4.74 Å². The first-order valence-corrected chi connectivity index (χ1v) is 6.09. The molecular weight excluding hydrogens is 251 g/mol. The molecule has 2 rings (SSSR count). The minimum atomic E-state index is -0.421. The molecule has 0 radical (unpaired) electrons. The number of ether oxygens (including phenoxy) is 1. The first-order valence-electron chi connectivity index (χ1n) is 5.66. The number of benzene rings is 2. The van der Waals surface area contributed by atoms with Gasteiger partial charge >= 0.3 is 0 Å². The van der Waals surface area contributed by atoms with Crippen LogP contribution >= 0.6 is 11.6 Å². The van der Waals surface area contributed by atoms with Gasteiger partial charge in [0.05, 0.1) is 12.5 Å². The van der Waals surface area contributed by atoms with E-state index in [1.165, 1.54) is 12.1 Å². The van der Waals surface area contributed by atoms with Crippen LogP contribution in [0, 0.1) is 12.7 Å². The van der Waals surface area contributed by atoms with Gasteiger partial charge in [0.25, 0.3) is 0 Å². The minimum Gasteiger partial charge on any atom is -0.496 e. The average molecular weight is 265 g/mol. The molecule has 0 spiro atoms. The van der Waals surface area contributed by atoms with E-state index in [0.717, 1.165) is 11.1 Å². The molecule has 0 aliphatic heterocycles. The van der Waals surface area contributed by atoms with Gasteiger partial charge in [-0.05, 0) is 30.7 Å². The lowest BCUT2D eigenvalue weighted by atomic mass is 10.0. The second-order valence-electron chi connectivity index (χ2n) is 4.16. The molecule has 0 aliphatic rings. The molecule has 0 heterocycles. The highest BCUT2D eigenvalue weighted by atomic mass is 35.5. The highest BCUT2D eigenvalue weighted by Gasteiger charge is 2.16. The van der Waals surface area contributed by atoms with Crippen LogP contribution in [0.25, 0.3) is 0 Å². The van der Waals surface area contributed by atoms with E-state index in [0.29, 0.717) is 11.3 Å². The maximum atomic E-state index is 13.3. The Labute approximate surface area is 111 Å². The van der Waals surface area contributed by atoms with Crippen LogP contribution in [-0.2, 0) is 0 Å². The van der Waals surface area contributed by atoms with Gasteiger partial charge in [0.1, 0.15) is 11.6 Å². The van der Waals surface area contributed by atoms with Crippen molar-refractivity contribution in [2.75, 3.05) is 7.11 Å². The summed E-state index contributed by atoms with van der Waals surface area (Å²) in [5, 5.41) is -0.421. The molecule has 2 aromatic carbocycles. The summed E-state index contributed by atoms with van der Waals surface area (Å²) in [6.45, 7) is 2.00. The van der Waals surface area contributed by atoms with Crippen molar-refractivity contribution >= 4 is 11.6 Å². The Morgan fingerprint density at radius 2 is 1.94 bits per heavy atom. The molecule has 1 atom stereocenters. The Kier molecular flexibility index (Phi) is 3.87. The molecule has 1 nitrogen and oxygen atoms in total. The highest BCUT2D eigenvalue weighted by molar-refractivity contribution is 6.22. The number of hydrogen-bond acceptors (Lipinski definition) is 1. The number of rotatable bonds is 3. The third-order valence-electron chi connectivity index (χ3n) is 2.80. The summed E-state index contributed by atoms with van der Waals surface area (Å²) < 4.78 is 18.5. The zero-order valence-corrected chi connectivity index (χ0v) is 11.0. The van der Waals surface area contributed by atoms with E-state index in [9.17, 15) is 4.39 Å². The molecule has 1 unspecified atom stereocenters. The fourth-order valence-electron chi connectivity index (χ4n) is 1.91. The van der Waals surface area contributed by atoms with Gasteiger partial charge in [-0.1, -0.05) is 29.8 Å². The van der Waals surface area contributed by atoms with E-state index in [-0.39, 0.29) is 5.82 Å². The topological polar surface area (TPSA) is 9.23 Å². The minimum absolute atomic E-state index is 0.316. The van der Waals surface area contributed by atoms with Crippen LogP contribution in [0.4, 0.5) is 4.39 Å². The molecule has 0 amide bonds. The van der Waals surface area contributed by atoms with E-state index in [4.69, 9.17) is 16.3 Å². The van der Waals surface area contributed by atoms with Crippen molar-refractivity contribution in [2.24, 2.45) is 0 Å². The number of alkyl halides is 1. The van der Waals surface area contributed by atoms with Crippen LogP contribution in [0.3, 0.4) is 0 Å². The SMILES string of the molecule is COc1ccc(F)cc1C(Cl)c1cccc(C)c1. The molecule has 0 saturated heterocycles. The number of hydrogen-bond donors (Lipinski definition) is 0. The maximum Gasteiger partial charge on any atom is 0.124 e. The molecule has 0 fully saturated rings. The predicted molar refractivity (Wildman–Crippen MR) is 71.8 cm³/mol. The van der Waals surface area contributed by atoms with Crippen molar-refractivity contribution in [3.05, 3.63) is 65.0 Å². The Morgan fingerprint density at radius 1 is 1.17 bits per heavy atom. The Morgan fingerprint density at radius 3 is 2.61 bits per heavy atom. The van der Waals surface area contributed by atoms with E-state index in [1.807, 2.05) is 31.2 Å². The predicted octanol–water partition coefficient (Wildman–Crippen LogP) is 4.47. The van der Waals surface area contributed by atoms with Crippen LogP contribution in [0.15, 0.2) is 42.5 Å². The van der Waals surface area contributed by atoms with E-state index >= 15 is 0 Å². The molecule has 18 heavy (non-hydrogen) atoms. The number of halogens is 2. The summed E-state index contributed by atoms with van der Waals surface area (Å²) in [7, 11) is 1.55. The zero-order chi connectivity index (χ0) is 13.1. The summed E-state index contributed by atoms with van der Waals surface area (Å²) in [6, 6.07) is 12.2. The molecule has 94 valence electrons. The average Bonchev–Trinajstić information content (AvgIpc) is 2.38. The van der Waals surface area contributed by atoms with Gasteiger partial charge in [-0.25, -0.2) is 4.39 Å². The molecule has 0 N–H and O–H groups in total. The van der Waals surface area contributed by atoms with Gasteiger partial charge in [-0.3, -0.25) is 0 Å². The fraction of sp³-hybridized carbons (Fsp3) is 0.200. The van der Waals surface area contributed by atoms with Gasteiger partial charge in [0.15, 0.2) is 0 Å². The lowest BCUT2D eigenvalue weighted by Crippen LogP contribution is -1.98. The molecule has 0 bridgehead atoms. The van der Waals surface area contributed by atoms with Gasteiger partial charge in [0.2, 0.25) is 0 Å². The van der Waals surface area contributed by atoms with Gasteiger partial charge in [-0.15, -0.1) is 11.6 Å². The van der Waals surface area contributed by atoms with Gasteiger partial charge < -0.3 is 4.74 Å². The standard InChI is InChI=1S/C15H14ClFO/c1-10-4-3-5-11(8-10)15(16)13-9-12(17)6-7-14(13)18-2/h3-9,15H,1-2H3. The smallest absolute Gasteiger partial charge is 0.124 e. The lowest BCUT2D eigenvalue weighted by Gasteiger charge is -2.15. The third kappa shape index (κ3) is 2.65. The quantitative estimate of drug-likeness (QED) is 0.743. The second kappa shape index (κ2) is 5.40. The van der Waals surface area contributed by atoms with Crippen LogP contribution in [0.5, 0.6) is 5.75 Å². The third-order valence-corrected chi connectivity index (χ3v) is 3.29. The van der Waals surface area contributed by atoms with Crippen molar-refractivity contribution in [1.29, 1.82) is 0 Å². The summed E-state index contributed by atoms with van der Waals surface area (Å²) in [6.07, 6.45) is 0. The second-order valence-corrected chi connectivity index (χ2v) is 4.60. The van der Waals surface area contributed by atoms with Crippen molar-refractivity contribution in [1.82, 2.24) is 0 Å². The summed E-state index contributed by atoms with van der Waals surface area (Å²) in [5.74, 6) is 0.280. The Balaban J connectivity index is 2.44. The monoisotopic (exact) mass is 264 g/mol. The molecular formula is C15H14ClFO. The van der Waals surface area contributed by atoms with Crippen LogP contribution in [-0.4, -0.2) is 7.11 Å². The van der Waals surface area contributed by atoms with Gasteiger partial charge in [-0.2, -0.15) is 0 Å². The van der Waals surface area contributed by atoms with E-state index < -0.39 is 5.38 Å². The van der Waals surface area contributed by atoms with Crippen LogP contribution in [0.1, 0.15) is 22.1 Å². The molecule has 2 aromatic rings. The van der Waals surface area contributed by atoms with Crippen molar-refractivity contribution in [2.45, 2.75) is 12.3 Å². The molecule has 0 aromatic heterocycles. The van der Waals surface area contributed by atoms with Crippen molar-refractivity contribution in [3.8, 4) is 5.75 Å². The fourth-order valence-corrected chi connectivity index (χ4v) is 2.22. The van der Waals surface area contributed by atoms with E-state index in [1.54, 1.807) is 13.2 Å². The summed E-state index contributed by atoms with van der Waals surface area (Å²) in [4.78, 5) is 0. The van der Waals surface area contributed by atoms with Crippen molar-refractivity contribution in [3.63, 3.8) is 0 Å². The zero-order valence-electron chi connectivity index (χ0n) is 10.3. The molecule has 0 aliphatic carbocycles. The molecule has 0 saturated carbocycles. The van der Waals surface area contributed by atoms with Crippen molar-refractivity contribution < 1.29 is 9.13 Å². The highest BCUT2D eigenvalue weighted by Crippen LogP contribution is 2.35. The number of aryl methyl sites for hydroxylation is 1. The normalized spacial score (nSPS) is 12.2. The Hall–Kier alpha value is -1.54.